The molecule has 0 aliphatic carbocycles. The van der Waals surface area contributed by atoms with Crippen LogP contribution < -0.4 is 5.32 Å². The molecule has 0 radical (unpaired) electrons. The van der Waals surface area contributed by atoms with Gasteiger partial charge in [-0.05, 0) is 13.0 Å². The first kappa shape index (κ1) is 14.7. The Hall–Kier alpha value is -2.74. The summed E-state index contributed by atoms with van der Waals surface area (Å²) < 4.78 is 0. The lowest BCUT2D eigenvalue weighted by molar-refractivity contribution is -0.385. The van der Waals surface area contributed by atoms with E-state index in [2.05, 4.69) is 5.32 Å². The molecule has 0 saturated heterocycles. The summed E-state index contributed by atoms with van der Waals surface area (Å²) in [5.41, 5.74) is -2.23. The highest BCUT2D eigenvalue weighted by Gasteiger charge is 2.46. The summed E-state index contributed by atoms with van der Waals surface area (Å²) in [7, 11) is 0. The number of carbonyl (C=O) groups excluding carboxylic acids is 2. The number of anilines is 1. The number of nitrogens with zero attached hydrogens (tertiary/aromatic N) is 1. The third kappa shape index (κ3) is 2.61. The summed E-state index contributed by atoms with van der Waals surface area (Å²) in [5.74, 6) is -1.75. The summed E-state index contributed by atoms with van der Waals surface area (Å²) in [5, 5.41) is 33.2. The number of ketones is 1. The highest BCUT2D eigenvalue weighted by atomic mass is 16.6. The Balaban J connectivity index is 2.46. The van der Waals surface area contributed by atoms with E-state index in [1.165, 1.54) is 19.1 Å². The molecule has 1 heterocycles. The van der Waals surface area contributed by atoms with Crippen LogP contribution in [0.25, 0.3) is 0 Å². The van der Waals surface area contributed by atoms with Gasteiger partial charge in [0.05, 0.1) is 10.7 Å². The molecule has 0 fully saturated rings. The average molecular weight is 292 g/mol. The van der Waals surface area contributed by atoms with Crippen molar-refractivity contribution in [3.63, 3.8) is 0 Å². The predicted molar refractivity (Wildman–Crippen MR) is 71.6 cm³/mol. The number of hydrogen-bond donors (Lipinski definition) is 3. The van der Waals surface area contributed by atoms with E-state index in [1.807, 2.05) is 0 Å². The monoisotopic (exact) mass is 292 g/mol. The number of carbonyl (C=O) groups is 2. The van der Waals surface area contributed by atoms with E-state index in [-0.39, 0.29) is 16.9 Å². The van der Waals surface area contributed by atoms with E-state index in [0.29, 0.717) is 0 Å². The van der Waals surface area contributed by atoms with Crippen molar-refractivity contribution in [3.05, 3.63) is 45.7 Å². The Bertz CT molecular complexity index is 681. The quantitative estimate of drug-likeness (QED) is 0.330. The van der Waals surface area contributed by atoms with E-state index in [1.54, 1.807) is 0 Å². The Morgan fingerprint density at radius 3 is 2.76 bits per heavy atom. The Kier molecular flexibility index (Phi) is 3.48. The summed E-state index contributed by atoms with van der Waals surface area (Å²) >= 11 is 0. The molecule has 8 nitrogen and oxygen atoms in total. The second-order valence-corrected chi connectivity index (χ2v) is 4.72. The van der Waals surface area contributed by atoms with Gasteiger partial charge >= 0.3 is 0 Å². The average Bonchev–Trinajstić information content (AvgIpc) is 2.60. The van der Waals surface area contributed by atoms with Crippen molar-refractivity contribution in [3.8, 4) is 0 Å². The van der Waals surface area contributed by atoms with Crippen molar-refractivity contribution in [2.45, 2.75) is 18.9 Å². The van der Waals surface area contributed by atoms with Gasteiger partial charge in [0.1, 0.15) is 0 Å². The van der Waals surface area contributed by atoms with Crippen LogP contribution in [0.5, 0.6) is 0 Å². The first-order chi connectivity index (χ1) is 9.74. The molecule has 110 valence electrons. The predicted octanol–water partition coefficient (Wildman–Crippen LogP) is 1.16. The Labute approximate surface area is 118 Å². The number of nitro benzene ring substituents is 1. The molecule has 3 N–H and O–H groups in total. The van der Waals surface area contributed by atoms with Crippen LogP contribution >= 0.6 is 0 Å². The van der Waals surface area contributed by atoms with Gasteiger partial charge < -0.3 is 15.5 Å². The molecule has 1 aromatic rings. The third-order valence-electron chi connectivity index (χ3n) is 3.09. The maximum Gasteiger partial charge on any atom is 0.269 e. The van der Waals surface area contributed by atoms with Gasteiger partial charge in [0, 0.05) is 35.9 Å². The minimum absolute atomic E-state index is 0.00907. The van der Waals surface area contributed by atoms with Crippen LogP contribution in [0.15, 0.2) is 30.0 Å². The van der Waals surface area contributed by atoms with E-state index in [0.717, 1.165) is 12.1 Å². The lowest BCUT2D eigenvalue weighted by atomic mass is 9.90. The molecule has 1 atom stereocenters. The summed E-state index contributed by atoms with van der Waals surface area (Å²) in [6, 6.07) is 3.56. The number of nitrogens with one attached hydrogen (secondary N) is 1. The number of aliphatic hydroxyl groups is 2. The van der Waals surface area contributed by atoms with Crippen LogP contribution in [0, 0.1) is 10.1 Å². The number of nitro groups is 1. The first-order valence-electron chi connectivity index (χ1n) is 5.97. The molecule has 0 spiro atoms. The fraction of sp³-hybridized carbons (Fsp3) is 0.231. The summed E-state index contributed by atoms with van der Waals surface area (Å²) in [4.78, 5) is 32.9. The Morgan fingerprint density at radius 2 is 2.19 bits per heavy atom. The molecule has 1 aliphatic rings. The van der Waals surface area contributed by atoms with Gasteiger partial charge in [-0.3, -0.25) is 19.7 Å². The van der Waals surface area contributed by atoms with Crippen molar-refractivity contribution in [1.29, 1.82) is 0 Å². The van der Waals surface area contributed by atoms with Crippen molar-refractivity contribution < 1.29 is 24.7 Å². The van der Waals surface area contributed by atoms with Crippen LogP contribution in [0.4, 0.5) is 11.4 Å². The van der Waals surface area contributed by atoms with Gasteiger partial charge in [-0.15, -0.1) is 0 Å². The number of non-ortho nitro benzene ring substituents is 1. The van der Waals surface area contributed by atoms with Crippen molar-refractivity contribution >= 4 is 23.1 Å². The Morgan fingerprint density at radius 1 is 1.52 bits per heavy atom. The maximum atomic E-state index is 11.9. The smallest absolute Gasteiger partial charge is 0.269 e. The van der Waals surface area contributed by atoms with Gasteiger partial charge in [-0.1, -0.05) is 0 Å². The van der Waals surface area contributed by atoms with Crippen LogP contribution in [0.1, 0.15) is 18.9 Å². The lowest BCUT2D eigenvalue weighted by Crippen LogP contribution is -2.34. The van der Waals surface area contributed by atoms with Gasteiger partial charge in [-0.25, -0.2) is 0 Å². The highest BCUT2D eigenvalue weighted by Crippen LogP contribution is 2.41. The minimum Gasteiger partial charge on any atom is -0.512 e. The number of rotatable bonds is 4. The minimum atomic E-state index is -2.16. The molecule has 0 aromatic heterocycles. The van der Waals surface area contributed by atoms with Crippen LogP contribution in [0.3, 0.4) is 0 Å². The molecule has 1 aromatic carbocycles. The second kappa shape index (κ2) is 4.98. The molecular weight excluding hydrogens is 280 g/mol. The van der Waals surface area contributed by atoms with E-state index < -0.39 is 34.4 Å². The van der Waals surface area contributed by atoms with Crippen molar-refractivity contribution in [1.82, 2.24) is 0 Å². The van der Waals surface area contributed by atoms with Gasteiger partial charge in [-0.2, -0.15) is 0 Å². The van der Waals surface area contributed by atoms with Crippen LogP contribution in [-0.4, -0.2) is 26.8 Å². The fourth-order valence-electron chi connectivity index (χ4n) is 2.17. The standard InChI is InChI=1S/C13H12N2O6/c1-7(16)4-9(17)6-13(19)10-5-8(15(20)21)2-3-11(10)14-12(13)18/h2-5,17,19H,6H2,1H3,(H,14,18)/b9-4+. The zero-order valence-electron chi connectivity index (χ0n) is 11.0. The molecule has 8 heteroatoms. The van der Waals surface area contributed by atoms with E-state index in [4.69, 9.17) is 0 Å². The number of hydrogen-bond acceptors (Lipinski definition) is 6. The fourth-order valence-corrected chi connectivity index (χ4v) is 2.17. The van der Waals surface area contributed by atoms with E-state index in [9.17, 15) is 29.9 Å². The highest BCUT2D eigenvalue weighted by molar-refractivity contribution is 6.05. The zero-order valence-corrected chi connectivity index (χ0v) is 11.0. The number of fused-ring (bicyclic) bond motifs is 1. The molecule has 0 saturated carbocycles. The van der Waals surface area contributed by atoms with Crippen LogP contribution in [-0.2, 0) is 15.2 Å². The number of benzene rings is 1. The molecule has 0 bridgehead atoms. The number of amides is 1. The SMILES string of the molecule is CC(=O)/C=C(/O)CC1(O)C(=O)Nc2ccc([N+](=O)[O-])cc21. The lowest BCUT2D eigenvalue weighted by Gasteiger charge is -2.20. The normalized spacial score (nSPS) is 20.9. The first-order valence-corrected chi connectivity index (χ1v) is 5.97. The topological polar surface area (TPSA) is 130 Å². The largest absolute Gasteiger partial charge is 0.512 e. The van der Waals surface area contributed by atoms with Gasteiger partial charge in [0.15, 0.2) is 11.4 Å². The zero-order chi connectivity index (χ0) is 15.8. The summed E-state index contributed by atoms with van der Waals surface area (Å²) in [6.07, 6.45) is 0.327. The van der Waals surface area contributed by atoms with E-state index >= 15 is 0 Å². The molecule has 1 amide bonds. The molecule has 1 aliphatic heterocycles. The van der Waals surface area contributed by atoms with Crippen molar-refractivity contribution in [2.24, 2.45) is 0 Å². The summed E-state index contributed by atoms with van der Waals surface area (Å²) in [6.45, 7) is 1.20. The van der Waals surface area contributed by atoms with Crippen molar-refractivity contribution in [2.75, 3.05) is 5.32 Å². The van der Waals surface area contributed by atoms with Gasteiger partial charge in [0.2, 0.25) is 0 Å². The molecular formula is C13H12N2O6. The third-order valence-corrected chi connectivity index (χ3v) is 3.09. The van der Waals surface area contributed by atoms with Crippen LogP contribution in [0.2, 0.25) is 0 Å². The maximum absolute atomic E-state index is 11.9. The van der Waals surface area contributed by atoms with Gasteiger partial charge in [0.25, 0.3) is 11.6 Å². The molecule has 1 unspecified atom stereocenters. The second-order valence-electron chi connectivity index (χ2n) is 4.72. The number of aliphatic hydroxyl groups excluding tert-OH is 1. The number of allylic oxidation sites excluding steroid dienone is 1. The molecule has 2 rings (SSSR count). The molecule has 21 heavy (non-hydrogen) atoms.